The van der Waals surface area contributed by atoms with Gasteiger partial charge in [0.15, 0.2) is 0 Å². The molecule has 0 saturated carbocycles. The van der Waals surface area contributed by atoms with Gasteiger partial charge >= 0.3 is 29.7 Å². The van der Waals surface area contributed by atoms with E-state index in [1.54, 1.807) is 60.7 Å². The van der Waals surface area contributed by atoms with Gasteiger partial charge in [-0.1, -0.05) is 60.7 Å². The largest absolute Gasteiger partial charge is 0.462 e. The molecule has 4 aromatic rings. The van der Waals surface area contributed by atoms with E-state index in [9.17, 15) is 40.5 Å². The van der Waals surface area contributed by atoms with Gasteiger partial charge in [0.1, 0.15) is 5.75 Å². The van der Waals surface area contributed by atoms with Gasteiger partial charge in [0, 0.05) is 11.8 Å². The number of carbonyl (C=O) groups excluding carboxylic acids is 1. The Bertz CT molecular complexity index is 1570. The molecule has 6 nitrogen and oxygen atoms in total. The molecule has 4 rings (SSSR count). The molecule has 0 amide bonds. The predicted molar refractivity (Wildman–Crippen MR) is 134 cm³/mol. The van der Waals surface area contributed by atoms with Crippen molar-refractivity contribution in [2.45, 2.75) is 30.8 Å². The highest BCUT2D eigenvalue weighted by Gasteiger charge is 2.70. The zero-order valence-electron chi connectivity index (χ0n) is 20.3. The van der Waals surface area contributed by atoms with Crippen LogP contribution in [0.1, 0.15) is 27.9 Å². The van der Waals surface area contributed by atoms with Gasteiger partial charge in [-0.05, 0) is 45.8 Å². The quantitative estimate of drug-likeness (QED) is 0.139. The number of rotatable bonds is 8. The van der Waals surface area contributed by atoms with E-state index in [0.717, 1.165) is 16.5 Å². The van der Waals surface area contributed by atoms with E-state index in [4.69, 9.17) is 13.5 Å². The molecule has 0 aliphatic heterocycles. The number of esters is 1. The number of halogens is 6. The number of carbonyl (C=O) groups is 1. The van der Waals surface area contributed by atoms with Gasteiger partial charge in [-0.15, -0.1) is 0 Å². The molecule has 40 heavy (non-hydrogen) atoms. The van der Waals surface area contributed by atoms with E-state index in [1.807, 2.05) is 6.07 Å². The Kier molecular flexibility index (Phi) is 8.11. The normalized spacial score (nSPS) is 13.4. The maximum atomic E-state index is 12.9. The number of benzene rings is 4. The highest BCUT2D eigenvalue weighted by molar-refractivity contribution is 7.74. The third-order valence-electron chi connectivity index (χ3n) is 6.38. The molecule has 0 aromatic heterocycles. The summed E-state index contributed by atoms with van der Waals surface area (Å²) in [6.45, 7) is -1.33. The summed E-state index contributed by atoms with van der Waals surface area (Å²) in [6, 6.07) is 19.8. The smallest absolute Gasteiger partial charge is 0.426 e. The molecule has 1 unspecified atom stereocenters. The third kappa shape index (κ3) is 5.76. The highest BCUT2D eigenvalue weighted by atomic mass is 32.2. The molecule has 0 aliphatic carbocycles. The van der Waals surface area contributed by atoms with Crippen molar-refractivity contribution in [3.05, 3.63) is 89.5 Å². The molecule has 2 N–H and O–H groups in total. The van der Waals surface area contributed by atoms with E-state index in [0.29, 0.717) is 22.6 Å². The summed E-state index contributed by atoms with van der Waals surface area (Å²) in [5.74, 6) is -0.954. The van der Waals surface area contributed by atoms with Gasteiger partial charge in [-0.25, -0.2) is 4.79 Å². The van der Waals surface area contributed by atoms with Crippen molar-refractivity contribution in [3.63, 3.8) is 0 Å². The lowest BCUT2D eigenvalue weighted by Crippen LogP contribution is -2.57. The monoisotopic (exact) mass is 586 g/mol. The third-order valence-corrected chi connectivity index (χ3v) is 6.71. The van der Waals surface area contributed by atoms with Gasteiger partial charge in [-0.2, -0.15) is 30.6 Å². The Morgan fingerprint density at radius 3 is 1.95 bits per heavy atom. The summed E-state index contributed by atoms with van der Waals surface area (Å²) in [4.78, 5) is 12.7. The fraction of sp³-hybridized carbons (Fsp3) is 0.222. The molecule has 0 saturated heterocycles. The number of hydrogen-bond donors (Lipinski definition) is 2. The second-order valence-electron chi connectivity index (χ2n) is 8.81. The lowest BCUT2D eigenvalue weighted by atomic mass is 9.93. The van der Waals surface area contributed by atoms with Crippen LogP contribution in [0.15, 0.2) is 72.8 Å². The minimum atomic E-state index is -6.02. The van der Waals surface area contributed by atoms with Crippen molar-refractivity contribution in [3.8, 4) is 5.75 Å². The zero-order valence-corrected chi connectivity index (χ0v) is 21.1. The van der Waals surface area contributed by atoms with Gasteiger partial charge in [-0.3, -0.25) is 4.55 Å². The van der Waals surface area contributed by atoms with Gasteiger partial charge in [0.05, 0.1) is 12.2 Å². The van der Waals surface area contributed by atoms with E-state index >= 15 is 0 Å². The van der Waals surface area contributed by atoms with Gasteiger partial charge < -0.3 is 14.0 Å². The van der Waals surface area contributed by atoms with Crippen molar-refractivity contribution < 1.29 is 53.9 Å². The average molecular weight is 587 g/mol. The van der Waals surface area contributed by atoms with Crippen LogP contribution in [0, 0.1) is 0 Å². The van der Waals surface area contributed by atoms with Crippen LogP contribution in [-0.2, 0) is 22.5 Å². The van der Waals surface area contributed by atoms with E-state index in [-0.39, 0.29) is 11.3 Å². The van der Waals surface area contributed by atoms with Crippen molar-refractivity contribution in [2.24, 2.45) is 0 Å². The number of fused-ring (bicyclic) bond motifs is 2. The Hall–Kier alpha value is -3.68. The second kappa shape index (κ2) is 11.1. The Morgan fingerprint density at radius 2 is 1.30 bits per heavy atom. The Balaban J connectivity index is 1.62. The Labute approximate surface area is 225 Å². The van der Waals surface area contributed by atoms with Crippen molar-refractivity contribution in [1.82, 2.24) is 0 Å². The molecule has 0 heterocycles. The minimum Gasteiger partial charge on any atom is -0.462 e. The van der Waals surface area contributed by atoms with E-state index in [2.05, 4.69) is 0 Å². The lowest BCUT2D eigenvalue weighted by molar-refractivity contribution is -0.371. The van der Waals surface area contributed by atoms with Crippen LogP contribution < -0.4 is 4.18 Å². The minimum absolute atomic E-state index is 0.0825. The van der Waals surface area contributed by atoms with Crippen molar-refractivity contribution >= 4 is 38.9 Å². The number of ether oxygens (including phenoxy) is 1. The molecular formula is C27H20F6O6S. The first kappa shape index (κ1) is 29.3. The van der Waals surface area contributed by atoms with Crippen LogP contribution in [0.2, 0.25) is 0 Å². The summed E-state index contributed by atoms with van der Waals surface area (Å²) in [6.07, 6.45) is -13.6. The molecule has 0 fully saturated rings. The molecule has 0 spiro atoms. The molecule has 0 aliphatic rings. The molecule has 212 valence electrons. The highest BCUT2D eigenvalue weighted by Crippen LogP contribution is 2.45. The SMILES string of the molecule is O=C(OCCC(O)(C(F)(F)F)C(F)(F)F)c1ccc(Cc2cccc3c(OS(=O)O)cccc23)c2ccccc12. The topological polar surface area (TPSA) is 93.1 Å². The standard InChI is InChI=1S/C27H20F6O6S/c28-26(29,30)25(35,27(31,32)33)13-14-38-24(34)22-12-11-17(18-6-1-2-7-20(18)22)15-16-5-3-9-21-19(16)8-4-10-23(21)39-40(36)37/h1-12,35H,13-15H2,(H,36,37). The molecule has 13 heteroatoms. The average Bonchev–Trinajstić information content (AvgIpc) is 2.87. The maximum Gasteiger partial charge on any atom is 0.426 e. The van der Waals surface area contributed by atoms with Crippen LogP contribution in [0.25, 0.3) is 21.5 Å². The Morgan fingerprint density at radius 1 is 0.750 bits per heavy atom. The molecule has 0 bridgehead atoms. The number of aliphatic hydroxyl groups is 1. The lowest BCUT2D eigenvalue weighted by Gasteiger charge is -2.32. The molecule has 4 aromatic carbocycles. The first-order chi connectivity index (χ1) is 18.7. The number of hydrogen-bond acceptors (Lipinski definition) is 5. The van der Waals surface area contributed by atoms with Crippen LogP contribution in [-0.4, -0.2) is 44.4 Å². The fourth-order valence-electron chi connectivity index (χ4n) is 4.36. The van der Waals surface area contributed by atoms with E-state index < -0.39 is 48.3 Å². The van der Waals surface area contributed by atoms with E-state index in [1.165, 1.54) is 6.07 Å². The molecule has 1 atom stereocenters. The van der Waals surface area contributed by atoms with Crippen molar-refractivity contribution in [2.75, 3.05) is 6.61 Å². The molecular weight excluding hydrogens is 566 g/mol. The van der Waals surface area contributed by atoms with Crippen LogP contribution in [0.3, 0.4) is 0 Å². The first-order valence-electron chi connectivity index (χ1n) is 11.6. The zero-order chi connectivity index (χ0) is 29.3. The summed E-state index contributed by atoms with van der Waals surface area (Å²) in [5, 5.41) is 11.5. The number of alkyl halides is 6. The van der Waals surface area contributed by atoms with Gasteiger partial charge in [0.2, 0.25) is 0 Å². The van der Waals surface area contributed by atoms with Crippen molar-refractivity contribution in [1.29, 1.82) is 0 Å². The summed E-state index contributed by atoms with van der Waals surface area (Å²) >= 11 is -2.53. The molecule has 0 radical (unpaired) electrons. The summed E-state index contributed by atoms with van der Waals surface area (Å²) < 4.78 is 107. The first-order valence-corrected chi connectivity index (χ1v) is 12.6. The van der Waals surface area contributed by atoms with Gasteiger partial charge in [0.25, 0.3) is 5.60 Å². The van der Waals surface area contributed by atoms with Crippen LogP contribution in [0.5, 0.6) is 5.75 Å². The van der Waals surface area contributed by atoms with Crippen LogP contribution >= 0.6 is 0 Å². The predicted octanol–water partition coefficient (Wildman–Crippen LogP) is 6.50. The second-order valence-corrected chi connectivity index (χ2v) is 9.41. The summed E-state index contributed by atoms with van der Waals surface area (Å²) in [5.41, 5.74) is -3.56. The van der Waals surface area contributed by atoms with Crippen LogP contribution in [0.4, 0.5) is 26.3 Å². The fourth-order valence-corrected chi connectivity index (χ4v) is 4.66. The maximum absolute atomic E-state index is 12.9. The summed E-state index contributed by atoms with van der Waals surface area (Å²) in [7, 11) is 0.